The van der Waals surface area contributed by atoms with Gasteiger partial charge in [0.15, 0.2) is 5.82 Å². The van der Waals surface area contributed by atoms with Crippen LogP contribution in [0.25, 0.3) is 0 Å². The zero-order valence-corrected chi connectivity index (χ0v) is 11.4. The van der Waals surface area contributed by atoms with Crippen molar-refractivity contribution >= 4 is 17.5 Å². The topological polar surface area (TPSA) is 92.2 Å². The molecule has 19 heavy (non-hydrogen) atoms. The van der Waals surface area contributed by atoms with E-state index in [-0.39, 0.29) is 18.2 Å². The molecule has 0 spiro atoms. The highest BCUT2D eigenvalue weighted by Gasteiger charge is 2.17. The predicted octanol–water partition coefficient (Wildman–Crippen LogP) is 1.44. The van der Waals surface area contributed by atoms with Crippen molar-refractivity contribution in [1.29, 1.82) is 5.26 Å². The zero-order chi connectivity index (χ0) is 14.4. The summed E-state index contributed by atoms with van der Waals surface area (Å²) in [7, 11) is 1.78. The van der Waals surface area contributed by atoms with Crippen molar-refractivity contribution in [3.8, 4) is 6.07 Å². The summed E-state index contributed by atoms with van der Waals surface area (Å²) in [4.78, 5) is 17.6. The third-order valence-corrected chi connectivity index (χ3v) is 2.59. The van der Waals surface area contributed by atoms with E-state index in [0.29, 0.717) is 17.9 Å². The van der Waals surface area contributed by atoms with Crippen LogP contribution in [0.4, 0.5) is 11.5 Å². The quantitative estimate of drug-likeness (QED) is 0.807. The second-order valence-electron chi connectivity index (χ2n) is 4.23. The maximum Gasteiger partial charge on any atom is 0.340 e. The van der Waals surface area contributed by atoms with E-state index in [9.17, 15) is 4.79 Å². The summed E-state index contributed by atoms with van der Waals surface area (Å²) in [5.41, 5.74) is 6.51. The number of nitriles is 1. The average Bonchev–Trinajstić information content (AvgIpc) is 2.38. The number of ether oxygens (including phenoxy) is 1. The first-order valence-electron chi connectivity index (χ1n) is 6.03. The number of carbonyl (C=O) groups is 1. The molecule has 102 valence electrons. The molecule has 0 bridgehead atoms. The smallest absolute Gasteiger partial charge is 0.340 e. The Morgan fingerprint density at radius 3 is 2.95 bits per heavy atom. The van der Waals surface area contributed by atoms with Gasteiger partial charge >= 0.3 is 5.97 Å². The van der Waals surface area contributed by atoms with E-state index in [4.69, 9.17) is 15.7 Å². The van der Waals surface area contributed by atoms with Crippen LogP contribution in [0, 0.1) is 17.2 Å². The number of aromatic nitrogens is 1. The molecule has 6 heteroatoms. The van der Waals surface area contributed by atoms with E-state index >= 15 is 0 Å². The number of pyridine rings is 1. The summed E-state index contributed by atoms with van der Waals surface area (Å²) >= 11 is 0. The van der Waals surface area contributed by atoms with Gasteiger partial charge in [0.05, 0.1) is 29.8 Å². The van der Waals surface area contributed by atoms with Gasteiger partial charge in [-0.1, -0.05) is 0 Å². The standard InChI is InChI=1S/C13H18N4O2/c1-4-19-13(18)10-5-6-16-12(11(10)15)17(3)8-9(2)7-14/h5-6,9H,4,8,15H2,1-3H3. The van der Waals surface area contributed by atoms with Crippen LogP contribution in [-0.4, -0.2) is 31.2 Å². The fraction of sp³-hybridized carbons (Fsp3) is 0.462. The highest BCUT2D eigenvalue weighted by Crippen LogP contribution is 2.24. The Kier molecular flexibility index (Phi) is 5.12. The van der Waals surface area contributed by atoms with Crippen LogP contribution in [0.3, 0.4) is 0 Å². The summed E-state index contributed by atoms with van der Waals surface area (Å²) in [6.07, 6.45) is 1.51. The molecule has 6 nitrogen and oxygen atoms in total. The van der Waals surface area contributed by atoms with E-state index in [1.54, 1.807) is 18.9 Å². The van der Waals surface area contributed by atoms with Crippen LogP contribution in [0.1, 0.15) is 24.2 Å². The molecule has 0 aliphatic rings. The Morgan fingerprint density at radius 1 is 1.68 bits per heavy atom. The molecule has 0 saturated carbocycles. The van der Waals surface area contributed by atoms with E-state index in [2.05, 4.69) is 11.1 Å². The number of hydrogen-bond acceptors (Lipinski definition) is 6. The number of nitrogens with zero attached hydrogens (tertiary/aromatic N) is 3. The first-order valence-corrected chi connectivity index (χ1v) is 6.03. The molecule has 0 aliphatic heterocycles. The highest BCUT2D eigenvalue weighted by molar-refractivity contribution is 5.97. The van der Waals surface area contributed by atoms with E-state index in [1.165, 1.54) is 12.3 Å². The van der Waals surface area contributed by atoms with Crippen LogP contribution < -0.4 is 10.6 Å². The largest absolute Gasteiger partial charge is 0.462 e. The van der Waals surface area contributed by atoms with Crippen LogP contribution in [0.5, 0.6) is 0 Å². The first-order chi connectivity index (χ1) is 9.01. The van der Waals surface area contributed by atoms with E-state index < -0.39 is 5.97 Å². The molecule has 1 heterocycles. The van der Waals surface area contributed by atoms with Crippen molar-refractivity contribution in [1.82, 2.24) is 4.98 Å². The molecule has 0 fully saturated rings. The van der Waals surface area contributed by atoms with Crippen LogP contribution in [0.2, 0.25) is 0 Å². The maximum absolute atomic E-state index is 11.7. The van der Waals surface area contributed by atoms with Gasteiger partial charge in [-0.05, 0) is 19.9 Å². The normalized spacial score (nSPS) is 11.5. The minimum Gasteiger partial charge on any atom is -0.462 e. The molecule has 1 atom stereocenters. The van der Waals surface area contributed by atoms with Crippen LogP contribution >= 0.6 is 0 Å². The van der Waals surface area contributed by atoms with Crippen molar-refractivity contribution in [3.63, 3.8) is 0 Å². The Hall–Kier alpha value is -2.29. The number of anilines is 2. The average molecular weight is 262 g/mol. The fourth-order valence-electron chi connectivity index (χ4n) is 1.69. The van der Waals surface area contributed by atoms with Gasteiger partial charge < -0.3 is 15.4 Å². The monoisotopic (exact) mass is 262 g/mol. The zero-order valence-electron chi connectivity index (χ0n) is 11.4. The summed E-state index contributed by atoms with van der Waals surface area (Å²) in [5, 5.41) is 8.81. The molecule has 1 rings (SSSR count). The van der Waals surface area contributed by atoms with Crippen LogP contribution in [0.15, 0.2) is 12.3 Å². The van der Waals surface area contributed by atoms with Gasteiger partial charge in [-0.2, -0.15) is 5.26 Å². The van der Waals surface area contributed by atoms with Gasteiger partial charge in [-0.15, -0.1) is 0 Å². The predicted molar refractivity (Wildman–Crippen MR) is 72.7 cm³/mol. The number of rotatable bonds is 5. The summed E-state index contributed by atoms with van der Waals surface area (Å²) < 4.78 is 4.93. The molecular formula is C13H18N4O2. The Morgan fingerprint density at radius 2 is 2.37 bits per heavy atom. The Balaban J connectivity index is 3.01. The van der Waals surface area contributed by atoms with Crippen LogP contribution in [-0.2, 0) is 4.74 Å². The van der Waals surface area contributed by atoms with Gasteiger partial charge in [0, 0.05) is 19.8 Å². The maximum atomic E-state index is 11.7. The van der Waals surface area contributed by atoms with Gasteiger partial charge in [0.1, 0.15) is 0 Å². The summed E-state index contributed by atoms with van der Waals surface area (Å²) in [5.74, 6) is -0.143. The second kappa shape index (κ2) is 6.59. The lowest BCUT2D eigenvalue weighted by Crippen LogP contribution is -2.26. The van der Waals surface area contributed by atoms with Gasteiger partial charge in [0.25, 0.3) is 0 Å². The van der Waals surface area contributed by atoms with Crippen molar-refractivity contribution in [3.05, 3.63) is 17.8 Å². The third kappa shape index (κ3) is 3.58. The number of hydrogen-bond donors (Lipinski definition) is 1. The molecule has 0 radical (unpaired) electrons. The minimum atomic E-state index is -0.467. The highest BCUT2D eigenvalue weighted by atomic mass is 16.5. The molecule has 0 amide bonds. The number of nitrogen functional groups attached to an aromatic ring is 1. The lowest BCUT2D eigenvalue weighted by molar-refractivity contribution is 0.0527. The number of nitrogens with two attached hydrogens (primary N) is 1. The fourth-order valence-corrected chi connectivity index (χ4v) is 1.69. The molecule has 1 aromatic rings. The second-order valence-corrected chi connectivity index (χ2v) is 4.23. The Bertz CT molecular complexity index is 496. The molecule has 0 aromatic carbocycles. The summed E-state index contributed by atoms with van der Waals surface area (Å²) in [6.45, 7) is 4.32. The van der Waals surface area contributed by atoms with Gasteiger partial charge in [-0.3, -0.25) is 0 Å². The number of carbonyl (C=O) groups excluding carboxylic acids is 1. The molecular weight excluding hydrogens is 244 g/mol. The molecule has 1 unspecified atom stereocenters. The first kappa shape index (κ1) is 14.8. The van der Waals surface area contributed by atoms with E-state index in [1.807, 2.05) is 6.92 Å². The minimum absolute atomic E-state index is 0.155. The van der Waals surface area contributed by atoms with E-state index in [0.717, 1.165) is 0 Å². The van der Waals surface area contributed by atoms with Gasteiger partial charge in [-0.25, -0.2) is 9.78 Å². The van der Waals surface area contributed by atoms with Crippen molar-refractivity contribution < 1.29 is 9.53 Å². The van der Waals surface area contributed by atoms with Crippen molar-refractivity contribution in [2.24, 2.45) is 5.92 Å². The molecule has 0 saturated heterocycles. The lowest BCUT2D eigenvalue weighted by atomic mass is 10.1. The van der Waals surface area contributed by atoms with Crippen molar-refractivity contribution in [2.75, 3.05) is 30.8 Å². The summed E-state index contributed by atoms with van der Waals surface area (Å²) in [6, 6.07) is 3.67. The van der Waals surface area contributed by atoms with Gasteiger partial charge in [0.2, 0.25) is 0 Å². The van der Waals surface area contributed by atoms with Crippen molar-refractivity contribution in [2.45, 2.75) is 13.8 Å². The lowest BCUT2D eigenvalue weighted by Gasteiger charge is -2.21. The Labute approximate surface area is 112 Å². The molecule has 0 aliphatic carbocycles. The SMILES string of the molecule is CCOC(=O)c1ccnc(N(C)CC(C)C#N)c1N. The molecule has 1 aromatic heterocycles. The number of esters is 1. The third-order valence-electron chi connectivity index (χ3n) is 2.59. The molecule has 2 N–H and O–H groups in total.